The van der Waals surface area contributed by atoms with Crippen molar-refractivity contribution >= 4 is 43.9 Å². The number of hydrogen-bond donors (Lipinski definition) is 2. The zero-order valence-electron chi connectivity index (χ0n) is 25.3. The van der Waals surface area contributed by atoms with Crippen LogP contribution in [-0.4, -0.2) is 81.9 Å². The van der Waals surface area contributed by atoms with E-state index in [4.69, 9.17) is 4.74 Å². The minimum Gasteiger partial charge on any atom is -0.436 e. The summed E-state index contributed by atoms with van der Waals surface area (Å²) >= 11 is 7.07. The topological polar surface area (TPSA) is 113 Å². The molecular weight excluding hydrogens is 716 g/mol. The molecule has 0 aliphatic carbocycles. The highest BCUT2D eigenvalue weighted by Crippen LogP contribution is 2.32. The van der Waals surface area contributed by atoms with Gasteiger partial charge in [-0.3, -0.25) is 9.78 Å². The molecule has 3 fully saturated rings. The molecule has 248 valence electrons. The molecule has 1 atom stereocenters. The first-order valence-electron chi connectivity index (χ1n) is 16.0. The van der Waals surface area contributed by atoms with Crippen molar-refractivity contribution < 1.29 is 14.3 Å². The second-order valence-electron chi connectivity index (χ2n) is 12.4. The van der Waals surface area contributed by atoms with Crippen molar-refractivity contribution in [2.75, 3.05) is 39.3 Å². The highest BCUT2D eigenvalue weighted by atomic mass is 79.9. The number of nitrogens with one attached hydrogen (secondary N) is 2. The Morgan fingerprint density at radius 1 is 0.870 bits per heavy atom. The third-order valence-electron chi connectivity index (χ3n) is 9.58. The fourth-order valence-electron chi connectivity index (χ4n) is 6.97. The second-order valence-corrected chi connectivity index (χ2v) is 14.1. The molecule has 0 bridgehead atoms. The minimum absolute atomic E-state index is 0. The molecule has 0 unspecified atom stereocenters. The zero-order chi connectivity index (χ0) is 31.3. The smallest absolute Gasteiger partial charge is 0.410 e. The van der Waals surface area contributed by atoms with Crippen LogP contribution in [0, 0.1) is 11.8 Å². The van der Waals surface area contributed by atoms with Crippen LogP contribution in [0.3, 0.4) is 0 Å². The number of benzene rings is 2. The predicted octanol–water partition coefficient (Wildman–Crippen LogP) is 6.02. The van der Waals surface area contributed by atoms with Crippen molar-refractivity contribution in [2.45, 2.75) is 64.5 Å². The third-order valence-corrected chi connectivity index (χ3v) is 11.5. The molecule has 2 aromatic carbocycles. The maximum Gasteiger partial charge on any atom is 0.410 e. The van der Waals surface area contributed by atoms with E-state index in [1.54, 1.807) is 4.90 Å². The summed E-state index contributed by atoms with van der Waals surface area (Å²) in [5, 5.41) is 7.99. The summed E-state index contributed by atoms with van der Waals surface area (Å²) in [4.78, 5) is 46.5. The number of aromatic nitrogens is 3. The van der Waals surface area contributed by atoms with Crippen LogP contribution < -0.4 is 11.0 Å². The largest absolute Gasteiger partial charge is 0.436 e. The summed E-state index contributed by atoms with van der Waals surface area (Å²) in [6, 6.07) is 15.2. The van der Waals surface area contributed by atoms with E-state index in [0.717, 1.165) is 51.9 Å². The van der Waals surface area contributed by atoms with Gasteiger partial charge in [-0.2, -0.15) is 0 Å². The minimum atomic E-state index is -0.916. The molecule has 2 N–H and O–H groups in total. The molecule has 2 amide bonds. The Bertz CT molecular complexity index is 1520. The van der Waals surface area contributed by atoms with E-state index in [-0.39, 0.29) is 25.1 Å². The first-order valence-corrected chi connectivity index (χ1v) is 17.6. The molecule has 3 saturated heterocycles. The van der Waals surface area contributed by atoms with Crippen LogP contribution in [0.5, 0.6) is 0 Å². The first kappa shape index (κ1) is 34.4. The van der Waals surface area contributed by atoms with E-state index in [1.165, 1.54) is 17.5 Å². The Hall–Kier alpha value is -2.96. The summed E-state index contributed by atoms with van der Waals surface area (Å²) in [7, 11) is 0. The first-order chi connectivity index (χ1) is 21.9. The highest BCUT2D eigenvalue weighted by Gasteiger charge is 2.35. The van der Waals surface area contributed by atoms with E-state index in [1.807, 2.05) is 53.4 Å². The van der Waals surface area contributed by atoms with Gasteiger partial charge in [0.15, 0.2) is 11.9 Å². The van der Waals surface area contributed by atoms with Crippen molar-refractivity contribution in [3.05, 3.63) is 73.5 Å². The van der Waals surface area contributed by atoms with E-state index in [0.29, 0.717) is 57.2 Å². The average molecular weight is 761 g/mol. The molecule has 4 heterocycles. The maximum atomic E-state index is 13.9. The SMILES string of the molecule is C.O=C(O[C@H](Cc1ccc(Br)c(Br)c1)C(=O)N1CCC(C2CCNCC2)CC1)N1CCC(n2nc(-c3ccccc3)[nH]c2=O)CC1. The number of carbonyl (C=O) groups is 2. The Labute approximate surface area is 287 Å². The molecule has 12 heteroatoms. The van der Waals surface area contributed by atoms with E-state index in [2.05, 4.69) is 47.3 Å². The Kier molecular flexibility index (Phi) is 11.8. The van der Waals surface area contributed by atoms with E-state index >= 15 is 0 Å². The number of hydrogen-bond acceptors (Lipinski definition) is 6. The van der Waals surface area contributed by atoms with Crippen molar-refractivity contribution in [3.8, 4) is 11.4 Å². The van der Waals surface area contributed by atoms with Gasteiger partial charge < -0.3 is 19.9 Å². The molecule has 10 nitrogen and oxygen atoms in total. The van der Waals surface area contributed by atoms with Crippen molar-refractivity contribution in [1.29, 1.82) is 0 Å². The molecule has 3 aliphatic heterocycles. The van der Waals surface area contributed by atoms with Gasteiger partial charge in [0.05, 0.1) is 6.04 Å². The van der Waals surface area contributed by atoms with Crippen LogP contribution in [0.4, 0.5) is 4.79 Å². The van der Waals surface area contributed by atoms with Crippen molar-refractivity contribution in [2.24, 2.45) is 11.8 Å². The van der Waals surface area contributed by atoms with Gasteiger partial charge in [0.2, 0.25) is 0 Å². The third kappa shape index (κ3) is 8.12. The molecule has 3 aromatic rings. The molecule has 1 aromatic heterocycles. The van der Waals surface area contributed by atoms with Crippen LogP contribution in [0.2, 0.25) is 0 Å². The van der Waals surface area contributed by atoms with Crippen LogP contribution in [0.25, 0.3) is 11.4 Å². The molecule has 0 radical (unpaired) electrons. The standard InChI is InChI=1S/C33H40Br2N6O4.CH4/c34-27-7-6-22(20-28(27)35)21-29(31(42)39-16-10-24(11-17-39)23-8-14-36-15-9-23)45-33(44)40-18-12-26(13-19-40)41-32(43)37-30(38-41)25-4-2-1-3-5-25;/h1-7,20,23-24,26,29,36H,8-19,21H2,(H,37,38,43);1H4/t29-;/m1./s1. The number of likely N-dealkylation sites (tertiary alicyclic amines) is 2. The molecule has 0 spiro atoms. The van der Waals surface area contributed by atoms with E-state index < -0.39 is 12.2 Å². The van der Waals surface area contributed by atoms with Gasteiger partial charge >= 0.3 is 11.8 Å². The lowest BCUT2D eigenvalue weighted by molar-refractivity contribution is -0.142. The van der Waals surface area contributed by atoms with Crippen LogP contribution in [-0.2, 0) is 16.0 Å². The van der Waals surface area contributed by atoms with Gasteiger partial charge in [0.1, 0.15) is 0 Å². The number of nitrogens with zero attached hydrogens (tertiary/aromatic N) is 4. The lowest BCUT2D eigenvalue weighted by Crippen LogP contribution is -2.49. The monoisotopic (exact) mass is 758 g/mol. The second kappa shape index (κ2) is 15.8. The summed E-state index contributed by atoms with van der Waals surface area (Å²) in [6.07, 6.45) is 4.42. The number of carbonyl (C=O) groups excluding carboxylic acids is 2. The summed E-state index contributed by atoms with van der Waals surface area (Å²) < 4.78 is 9.31. The highest BCUT2D eigenvalue weighted by molar-refractivity contribution is 9.13. The molecular formula is C34H44Br2N6O4. The summed E-state index contributed by atoms with van der Waals surface area (Å²) in [5.41, 5.74) is 1.50. The van der Waals surface area contributed by atoms with Gasteiger partial charge in [0.25, 0.3) is 5.91 Å². The Morgan fingerprint density at radius 2 is 1.52 bits per heavy atom. The molecule has 46 heavy (non-hydrogen) atoms. The number of halogens is 2. The van der Waals surface area contributed by atoms with Gasteiger partial charge in [0, 0.05) is 47.1 Å². The van der Waals surface area contributed by atoms with Gasteiger partial charge in [-0.1, -0.05) is 43.8 Å². The van der Waals surface area contributed by atoms with E-state index in [9.17, 15) is 14.4 Å². The number of piperidine rings is 3. The number of rotatable bonds is 7. The van der Waals surface area contributed by atoms with Crippen molar-refractivity contribution in [3.63, 3.8) is 0 Å². The zero-order valence-corrected chi connectivity index (χ0v) is 28.5. The lowest BCUT2D eigenvalue weighted by Gasteiger charge is -2.39. The van der Waals surface area contributed by atoms with Crippen LogP contribution in [0.1, 0.15) is 57.6 Å². The quantitative estimate of drug-likeness (QED) is 0.305. The fourth-order valence-corrected chi connectivity index (χ4v) is 7.64. The number of amides is 2. The summed E-state index contributed by atoms with van der Waals surface area (Å²) in [6.45, 7) is 4.37. The predicted molar refractivity (Wildman–Crippen MR) is 186 cm³/mol. The van der Waals surface area contributed by atoms with Gasteiger partial charge in [-0.25, -0.2) is 14.3 Å². The van der Waals surface area contributed by atoms with Crippen LogP contribution in [0.15, 0.2) is 62.3 Å². The molecule has 0 saturated carbocycles. The number of aromatic amines is 1. The fraction of sp³-hybridized carbons (Fsp3) is 0.529. The maximum absolute atomic E-state index is 13.9. The Morgan fingerprint density at radius 3 is 2.20 bits per heavy atom. The number of ether oxygens (including phenoxy) is 1. The Balaban J connectivity index is 0.00000417. The van der Waals surface area contributed by atoms with Crippen molar-refractivity contribution in [1.82, 2.24) is 29.9 Å². The average Bonchev–Trinajstić information content (AvgIpc) is 3.48. The lowest BCUT2D eigenvalue weighted by atomic mass is 9.79. The molecule has 3 aliphatic rings. The van der Waals surface area contributed by atoms with Gasteiger partial charge in [-0.15, -0.1) is 5.10 Å². The molecule has 6 rings (SSSR count). The van der Waals surface area contributed by atoms with Crippen LogP contribution >= 0.6 is 31.9 Å². The number of H-pyrrole nitrogens is 1. The van der Waals surface area contributed by atoms with Gasteiger partial charge in [-0.05, 0) is 113 Å². The summed E-state index contributed by atoms with van der Waals surface area (Å²) in [5.74, 6) is 1.77. The normalized spacial score (nSPS) is 19.0.